The summed E-state index contributed by atoms with van der Waals surface area (Å²) in [5.41, 5.74) is 0. The number of aliphatic hydroxyl groups excluding tert-OH is 2. The summed E-state index contributed by atoms with van der Waals surface area (Å²) in [6, 6.07) is 0. The number of carbonyl (C=O) groups excluding carboxylic acids is 2. The van der Waals surface area contributed by atoms with Gasteiger partial charge in [0.2, 0.25) is 0 Å². The van der Waals surface area contributed by atoms with Crippen LogP contribution in [0.5, 0.6) is 0 Å². The first kappa shape index (κ1) is 23.6. The number of aliphatic hydroxyl groups is 2. The van der Waals surface area contributed by atoms with Crippen molar-refractivity contribution in [3.8, 4) is 0 Å². The highest BCUT2D eigenvalue weighted by Crippen LogP contribution is 2.33. The lowest BCUT2D eigenvalue weighted by molar-refractivity contribution is -0.143. The summed E-state index contributed by atoms with van der Waals surface area (Å²) in [6.45, 7) is 4.32. The van der Waals surface area contributed by atoms with Gasteiger partial charge in [-0.15, -0.1) is 0 Å². The summed E-state index contributed by atoms with van der Waals surface area (Å²) < 4.78 is 4.88. The summed E-state index contributed by atoms with van der Waals surface area (Å²) in [5, 5.41) is 20.2. The van der Waals surface area contributed by atoms with Crippen LogP contribution in [-0.2, 0) is 14.3 Å². The van der Waals surface area contributed by atoms with Crippen molar-refractivity contribution in [2.45, 2.75) is 83.8 Å². The van der Waals surface area contributed by atoms with Crippen molar-refractivity contribution in [1.82, 2.24) is 0 Å². The molecule has 154 valence electrons. The second-order valence-corrected chi connectivity index (χ2v) is 7.28. The van der Waals surface area contributed by atoms with E-state index in [1.807, 2.05) is 12.2 Å². The molecule has 4 atom stereocenters. The second-order valence-electron chi connectivity index (χ2n) is 7.28. The highest BCUT2D eigenvalue weighted by molar-refractivity contribution is 5.86. The third-order valence-electron chi connectivity index (χ3n) is 5.01. The smallest absolute Gasteiger partial charge is 0.305 e. The average Bonchev–Trinajstić information content (AvgIpc) is 2.89. The fourth-order valence-electron chi connectivity index (χ4n) is 3.44. The van der Waals surface area contributed by atoms with Crippen LogP contribution in [0, 0.1) is 11.8 Å². The maximum atomic E-state index is 12.2. The monoisotopic (exact) mass is 380 g/mol. The van der Waals surface area contributed by atoms with Gasteiger partial charge >= 0.3 is 5.97 Å². The Morgan fingerprint density at radius 2 is 2.04 bits per heavy atom. The number of esters is 1. The van der Waals surface area contributed by atoms with Gasteiger partial charge in [-0.05, 0) is 32.6 Å². The van der Waals surface area contributed by atoms with Crippen LogP contribution in [0.25, 0.3) is 0 Å². The topological polar surface area (TPSA) is 83.8 Å². The Hall–Kier alpha value is -1.46. The number of ether oxygens (including phenoxy) is 1. The van der Waals surface area contributed by atoms with Crippen LogP contribution in [0.4, 0.5) is 0 Å². The fraction of sp³-hybridized carbons (Fsp3) is 0.727. The summed E-state index contributed by atoms with van der Waals surface area (Å²) in [6.07, 6.45) is 12.9. The van der Waals surface area contributed by atoms with Crippen LogP contribution in [0.2, 0.25) is 0 Å². The number of allylic oxidation sites excluding steroid dienone is 3. The van der Waals surface area contributed by atoms with Gasteiger partial charge in [0.15, 0.2) is 0 Å². The van der Waals surface area contributed by atoms with Gasteiger partial charge in [0.05, 0.1) is 18.8 Å². The summed E-state index contributed by atoms with van der Waals surface area (Å²) in [4.78, 5) is 23.4. The van der Waals surface area contributed by atoms with Crippen LogP contribution < -0.4 is 0 Å². The van der Waals surface area contributed by atoms with E-state index in [1.54, 1.807) is 19.1 Å². The van der Waals surface area contributed by atoms with E-state index in [0.29, 0.717) is 25.9 Å². The highest BCUT2D eigenvalue weighted by atomic mass is 16.5. The zero-order valence-corrected chi connectivity index (χ0v) is 16.8. The zero-order valence-electron chi connectivity index (χ0n) is 16.8. The zero-order chi connectivity index (χ0) is 20.1. The van der Waals surface area contributed by atoms with E-state index in [-0.39, 0.29) is 30.0 Å². The molecular formula is C22H36O5. The molecule has 1 fully saturated rings. The molecule has 0 bridgehead atoms. The van der Waals surface area contributed by atoms with E-state index < -0.39 is 12.2 Å². The van der Waals surface area contributed by atoms with Crippen LogP contribution in [-0.4, -0.2) is 40.8 Å². The van der Waals surface area contributed by atoms with Crippen molar-refractivity contribution in [1.29, 1.82) is 0 Å². The van der Waals surface area contributed by atoms with Crippen molar-refractivity contribution in [2.24, 2.45) is 11.8 Å². The lowest BCUT2D eigenvalue weighted by Gasteiger charge is -2.17. The molecule has 1 rings (SSSR count). The first-order chi connectivity index (χ1) is 13.0. The minimum Gasteiger partial charge on any atom is -0.466 e. The van der Waals surface area contributed by atoms with Gasteiger partial charge in [-0.25, -0.2) is 0 Å². The number of rotatable bonds is 13. The van der Waals surface area contributed by atoms with E-state index in [0.717, 1.165) is 32.1 Å². The Bertz CT molecular complexity index is 497. The molecule has 0 aromatic rings. The Labute approximate surface area is 163 Å². The predicted octanol–water partition coefficient (Wildman–Crippen LogP) is 3.73. The number of carbonyl (C=O) groups is 2. The van der Waals surface area contributed by atoms with Crippen molar-refractivity contribution in [3.05, 3.63) is 24.3 Å². The SMILES string of the molecule is CCCCC[C@H](O)/C=C/[C@H]1C(=O)C[C@H](O)[C@@H]1C/C=C\CCCC(=O)OCC. The van der Waals surface area contributed by atoms with Crippen LogP contribution in [0.3, 0.4) is 0 Å². The van der Waals surface area contributed by atoms with Gasteiger partial charge in [-0.1, -0.05) is 50.5 Å². The standard InChI is InChI=1S/C22H36O5/c1-3-5-8-11-17(23)14-15-19-18(20(24)16-21(19)25)12-9-6-7-10-13-22(26)27-4-2/h6,9,14-15,17-20,23-24H,3-5,7-8,10-13,16H2,1-2H3/b9-6-,15-14+/t17-,18+,19+,20-/m0/s1. The van der Waals surface area contributed by atoms with E-state index in [9.17, 15) is 19.8 Å². The number of hydrogen-bond acceptors (Lipinski definition) is 5. The molecule has 1 aliphatic rings. The molecule has 5 heteroatoms. The van der Waals surface area contributed by atoms with E-state index in [1.165, 1.54) is 0 Å². The first-order valence-electron chi connectivity index (χ1n) is 10.4. The van der Waals surface area contributed by atoms with Crippen molar-refractivity contribution >= 4 is 11.8 Å². The lowest BCUT2D eigenvalue weighted by Crippen LogP contribution is -2.19. The van der Waals surface area contributed by atoms with Gasteiger partial charge in [0.1, 0.15) is 5.78 Å². The summed E-state index contributed by atoms with van der Waals surface area (Å²) in [5.74, 6) is -0.603. The number of Topliss-reactive ketones (excluding diaryl/α,β-unsaturated/α-hetero) is 1. The number of unbranched alkanes of at least 4 members (excludes halogenated alkanes) is 3. The number of ketones is 1. The molecule has 0 unspecified atom stereocenters. The van der Waals surface area contributed by atoms with E-state index >= 15 is 0 Å². The third kappa shape index (κ3) is 9.34. The molecule has 1 saturated carbocycles. The Kier molecular flexibility index (Phi) is 11.9. The van der Waals surface area contributed by atoms with Gasteiger partial charge in [0, 0.05) is 24.7 Å². The van der Waals surface area contributed by atoms with Crippen LogP contribution in [0.1, 0.15) is 71.6 Å². The van der Waals surface area contributed by atoms with Gasteiger partial charge < -0.3 is 14.9 Å². The van der Waals surface area contributed by atoms with Crippen molar-refractivity contribution in [3.63, 3.8) is 0 Å². The number of hydrogen-bond donors (Lipinski definition) is 2. The molecule has 0 saturated heterocycles. The fourth-order valence-corrected chi connectivity index (χ4v) is 3.44. The molecule has 0 aromatic carbocycles. The quantitative estimate of drug-likeness (QED) is 0.289. The Morgan fingerprint density at radius 1 is 1.26 bits per heavy atom. The molecule has 0 aromatic heterocycles. The summed E-state index contributed by atoms with van der Waals surface area (Å²) >= 11 is 0. The Morgan fingerprint density at radius 3 is 2.74 bits per heavy atom. The van der Waals surface area contributed by atoms with Gasteiger partial charge in [-0.3, -0.25) is 9.59 Å². The second kappa shape index (κ2) is 13.7. The molecule has 27 heavy (non-hydrogen) atoms. The average molecular weight is 381 g/mol. The minimum atomic E-state index is -0.631. The summed E-state index contributed by atoms with van der Waals surface area (Å²) in [7, 11) is 0. The molecular weight excluding hydrogens is 344 g/mol. The molecule has 5 nitrogen and oxygen atoms in total. The maximum Gasteiger partial charge on any atom is 0.305 e. The maximum absolute atomic E-state index is 12.2. The Balaban J connectivity index is 2.43. The molecule has 0 spiro atoms. The molecule has 0 radical (unpaired) electrons. The van der Waals surface area contributed by atoms with E-state index in [4.69, 9.17) is 4.74 Å². The molecule has 0 amide bonds. The lowest BCUT2D eigenvalue weighted by atomic mass is 9.90. The highest BCUT2D eigenvalue weighted by Gasteiger charge is 2.39. The third-order valence-corrected chi connectivity index (χ3v) is 5.01. The van der Waals surface area contributed by atoms with E-state index in [2.05, 4.69) is 6.92 Å². The largest absolute Gasteiger partial charge is 0.466 e. The van der Waals surface area contributed by atoms with Crippen molar-refractivity contribution < 1.29 is 24.5 Å². The van der Waals surface area contributed by atoms with Gasteiger partial charge in [-0.2, -0.15) is 0 Å². The van der Waals surface area contributed by atoms with Crippen LogP contribution in [0.15, 0.2) is 24.3 Å². The van der Waals surface area contributed by atoms with Gasteiger partial charge in [0.25, 0.3) is 0 Å². The van der Waals surface area contributed by atoms with Crippen molar-refractivity contribution in [2.75, 3.05) is 6.61 Å². The van der Waals surface area contributed by atoms with Crippen LogP contribution >= 0.6 is 0 Å². The predicted molar refractivity (Wildman–Crippen MR) is 106 cm³/mol. The molecule has 0 heterocycles. The first-order valence-corrected chi connectivity index (χ1v) is 10.4. The molecule has 2 N–H and O–H groups in total. The normalized spacial score (nSPS) is 24.1. The minimum absolute atomic E-state index is 0.0419. The molecule has 1 aliphatic carbocycles. The molecule has 0 aliphatic heterocycles.